The Morgan fingerprint density at radius 1 is 0.525 bits per heavy atom. The van der Waals surface area contributed by atoms with Crippen LogP contribution in [0.15, 0.2) is 21.5 Å². The summed E-state index contributed by atoms with van der Waals surface area (Å²) in [5.74, 6) is -1.56. The Bertz CT molecular complexity index is 2310. The Labute approximate surface area is 909 Å². The third-order valence-corrected chi connectivity index (χ3v) is 8.71. The molecular formula is C66H128N18O28Y8-8. The molecule has 46 nitrogen and oxygen atoms in total. The van der Waals surface area contributed by atoms with Gasteiger partial charge in [-0.1, -0.05) is 41.3 Å². The molecule has 0 spiro atoms. The number of carboxylic acid groups (broad SMARTS) is 1. The molecular weight excluding hydrogens is 2200 g/mol. The fourth-order valence-corrected chi connectivity index (χ4v) is 4.29. The van der Waals surface area contributed by atoms with Crippen molar-refractivity contribution in [3.63, 3.8) is 0 Å². The molecule has 0 bridgehead atoms. The van der Waals surface area contributed by atoms with Gasteiger partial charge in [-0.05, 0) is 73.6 Å². The van der Waals surface area contributed by atoms with Crippen LogP contribution >= 0.6 is 0 Å². The van der Waals surface area contributed by atoms with Crippen LogP contribution in [-0.2, 0) is 365 Å². The number of nitrogens with one attached hydrogen (secondary N) is 3. The SMILES string of the molecule is C#CCC.CCc1cn(CCOCCO)nn1.CN.NCCOCCO.[CH2-]C(=O)CC.[CH2-]C(=O)CCCOCCO.[CH2-]C(=O)NC.[CH2-]C(=O)NCCOCCO.[CH2-]C(=O)NCCOCCO.[CH2-]C(=O)O.[CH2-]C(=O)ON1C(=O)CCC1=O.[CH2-]C(C)=O.[N-]=[N+]=NCCOCCO.[N-]=[N+]=NCCOCCO.[N-]=[N+]=NCCOCCO.[Y].[Y].[Y].[Y].[Y].[Y].[Y].[Y]. The van der Waals surface area contributed by atoms with Gasteiger partial charge in [-0.3, -0.25) is 33.0 Å². The van der Waals surface area contributed by atoms with E-state index in [2.05, 4.69) is 128 Å². The van der Waals surface area contributed by atoms with Crippen molar-refractivity contribution < 1.29 is 398 Å². The number of nitrogens with two attached hydrogens (primary N) is 2. The topological polar surface area (TPSA) is 704 Å². The standard InChI is InChI=1S/C8H15N3O2.C7H13O3.C6H6NO4.2C6H12NO3.3C4H9N3O2.C4H11NO2.C4H7O.C4H6.C3H6NO.C3H5O.C2H3O2.CH5N.8Y/c1-2-8-7-11(10-9-8)3-5-13-6-4-12;1-7(9)3-2-5-10-6-4-8;1-4(8)11-7-5(9)2-3-6(7)10;2*1-6(9)7-2-4-10-5-3-8;3*5-7-6-1-3-9-4-2-8;5-1-3-7-4-2-6;1-3-4(2)5;1-3-4-2;1-3(5)4-2;1-3(2)4;1-2(3)4;1-2;;;;;;;;/h7,12H,2-6H2,1H3;8H,1-6H2;1-3H2;2*8H,1-5H2,(H,7,9);3*8H,1-4H2;6H,1-5H2;2-3H2,1H3;1H,4H2,2H3;1H2,2H3,(H,4,5);1H2,2H3;1H2,(H,3,4);2H2,1H3;;;;;;;;/q;4*-1;;;;;-1;;3*-1;;;;;;;;;. The number of aliphatic hydroxyl groups excluding tert-OH is 8. The molecule has 8 radical (unpaired) electrons. The number of aromatic nitrogens is 3. The number of carbonyl (C=O) groups is 10. The molecule has 1 fully saturated rings. The number of carbonyl (C=O) groups excluding carboxylic acids is 9. The van der Waals surface area contributed by atoms with Crippen molar-refractivity contribution in [1.29, 1.82) is 0 Å². The van der Waals surface area contributed by atoms with Crippen LogP contribution in [0.5, 0.6) is 0 Å². The van der Waals surface area contributed by atoms with E-state index in [-0.39, 0.29) is 362 Å². The number of hydrogen-bond donors (Lipinski definition) is 14. The molecule has 0 unspecified atom stereocenters. The molecule has 1 aliphatic heterocycles. The number of nitrogens with zero attached hydrogens (tertiary/aromatic N) is 13. The van der Waals surface area contributed by atoms with E-state index < -0.39 is 23.8 Å². The average molecular weight is 2330 g/mol. The van der Waals surface area contributed by atoms with E-state index in [0.717, 1.165) is 18.5 Å². The quantitative estimate of drug-likeness (QED) is 0.00672. The Kier molecular flexibility index (Phi) is 242. The van der Waals surface area contributed by atoms with Crippen LogP contribution in [0.4, 0.5) is 0 Å². The number of azide groups is 3. The summed E-state index contributed by atoms with van der Waals surface area (Å²) >= 11 is 0. The first kappa shape index (κ1) is 173. The Morgan fingerprint density at radius 3 is 1.02 bits per heavy atom. The number of aryl methyl sites for hydroxylation is 1. The molecule has 0 aromatic carbocycles. The predicted molar refractivity (Wildman–Crippen MR) is 411 cm³/mol. The predicted octanol–water partition coefficient (Wildman–Crippen LogP) is -1.52. The van der Waals surface area contributed by atoms with Gasteiger partial charge >= 0.3 is 0 Å². The van der Waals surface area contributed by atoms with Gasteiger partial charge in [0.05, 0.1) is 182 Å². The molecule has 120 heavy (non-hydrogen) atoms. The fourth-order valence-electron chi connectivity index (χ4n) is 4.29. The second-order valence-corrected chi connectivity index (χ2v) is 18.3. The van der Waals surface area contributed by atoms with Crippen molar-refractivity contribution in [2.45, 2.75) is 79.2 Å². The van der Waals surface area contributed by atoms with Crippen LogP contribution < -0.4 is 27.4 Å². The molecule has 2 heterocycles. The van der Waals surface area contributed by atoms with Gasteiger partial charge in [0, 0.05) is 355 Å². The van der Waals surface area contributed by atoms with Crippen molar-refractivity contribution in [1.82, 2.24) is 36.0 Å². The number of aliphatic carboxylic acids is 1. The molecule has 0 aliphatic carbocycles. The number of amides is 5. The summed E-state index contributed by atoms with van der Waals surface area (Å²) in [4.78, 5) is 111. The Morgan fingerprint density at radius 2 is 0.800 bits per heavy atom. The van der Waals surface area contributed by atoms with Crippen molar-refractivity contribution >= 4 is 58.8 Å². The third kappa shape index (κ3) is 240. The van der Waals surface area contributed by atoms with Gasteiger partial charge in [0.15, 0.2) is 5.97 Å². The van der Waals surface area contributed by atoms with Crippen molar-refractivity contribution in [3.05, 3.63) is 98.6 Å². The maximum absolute atomic E-state index is 10.7. The van der Waals surface area contributed by atoms with Crippen molar-refractivity contribution in [3.8, 4) is 12.3 Å². The van der Waals surface area contributed by atoms with Gasteiger partial charge in [-0.15, -0.1) is 22.5 Å². The van der Waals surface area contributed by atoms with Crippen LogP contribution in [0, 0.1) is 67.7 Å². The minimum atomic E-state index is -1.08. The summed E-state index contributed by atoms with van der Waals surface area (Å²) in [6.07, 6.45) is 10.4. The molecule has 682 valence electrons. The minimum absolute atomic E-state index is 0. The van der Waals surface area contributed by atoms with E-state index >= 15 is 0 Å². The van der Waals surface area contributed by atoms with E-state index in [1.165, 1.54) is 21.0 Å². The van der Waals surface area contributed by atoms with Crippen LogP contribution in [0.25, 0.3) is 31.3 Å². The molecule has 1 aromatic heterocycles. The van der Waals surface area contributed by atoms with Crippen LogP contribution in [0.3, 0.4) is 0 Å². The number of hydroxylamine groups is 2. The van der Waals surface area contributed by atoms with E-state index in [1.54, 1.807) is 11.6 Å². The smallest absolute Gasteiger partial charge is 0.263 e. The number of ether oxygens (including phenoxy) is 8. The zero-order valence-electron chi connectivity index (χ0n) is 70.6. The maximum atomic E-state index is 10.7. The molecule has 16 N–H and O–H groups in total. The first-order chi connectivity index (χ1) is 53.4. The summed E-state index contributed by atoms with van der Waals surface area (Å²) in [5, 5.41) is 98.4. The molecule has 5 amide bonds. The number of imide groups is 1. The van der Waals surface area contributed by atoms with Gasteiger partial charge < -0.3 is 186 Å². The van der Waals surface area contributed by atoms with Crippen LogP contribution in [-0.4, -0.2) is 337 Å². The third-order valence-electron chi connectivity index (χ3n) is 8.71. The summed E-state index contributed by atoms with van der Waals surface area (Å²) in [5.41, 5.74) is 33.9. The molecule has 0 saturated carbocycles. The number of aliphatic hydroxyl groups is 8. The van der Waals surface area contributed by atoms with E-state index in [4.69, 9.17) is 117 Å². The largest absolute Gasteiger partial charge is 0.503 e. The van der Waals surface area contributed by atoms with Crippen molar-refractivity contribution in [2.75, 3.05) is 212 Å². The average Bonchev–Trinajstić information content (AvgIpc) is 1.73. The number of Topliss-reactive ketones (excluding diaryl/α,β-unsaturated/α-hetero) is 3. The molecule has 1 saturated heterocycles. The van der Waals surface area contributed by atoms with Gasteiger partial charge in [0.25, 0.3) is 11.8 Å². The van der Waals surface area contributed by atoms with E-state index in [1.807, 2.05) is 20.0 Å². The maximum Gasteiger partial charge on any atom is 0.263 e. The molecule has 0 atom stereocenters. The number of terminal acetylenes is 1. The first-order valence-electron chi connectivity index (χ1n) is 33.7. The number of hydrogen-bond acceptors (Lipinski definition) is 34. The second kappa shape index (κ2) is 168. The number of rotatable bonds is 43. The summed E-state index contributed by atoms with van der Waals surface area (Å²) in [7, 11) is 3.04. The molecule has 1 aliphatic rings. The zero-order valence-corrected chi connectivity index (χ0v) is 93.3. The fraction of sp³-hybridized carbons (Fsp3) is 0.667. The van der Waals surface area contributed by atoms with Gasteiger partial charge in [0.2, 0.25) is 5.97 Å². The van der Waals surface area contributed by atoms with E-state index in [9.17, 15) is 43.2 Å². The monoisotopic (exact) mass is 2330 g/mol. The van der Waals surface area contributed by atoms with Gasteiger partial charge in [-0.25, -0.2) is 4.68 Å². The first-order valence-corrected chi connectivity index (χ1v) is 33.7. The normalized spacial score (nSPS) is 8.78. The van der Waals surface area contributed by atoms with Gasteiger partial charge in [-0.2, -0.15) is 0 Å². The number of carboxylic acids is 1. The van der Waals surface area contributed by atoms with Crippen LogP contribution in [0.2, 0.25) is 0 Å². The van der Waals surface area contributed by atoms with E-state index in [0.29, 0.717) is 176 Å². The Balaban J connectivity index is -0.0000000465. The summed E-state index contributed by atoms with van der Waals surface area (Å²) in [6, 6.07) is 0. The second-order valence-electron chi connectivity index (χ2n) is 18.3. The Hall–Kier alpha value is -0.799. The molecule has 2 rings (SSSR count). The van der Waals surface area contributed by atoms with Crippen LogP contribution in [0.1, 0.15) is 71.9 Å². The number of ketones is 3. The minimum Gasteiger partial charge on any atom is -0.503 e. The molecule has 1 aromatic rings. The zero-order chi connectivity index (χ0) is 88.9. The summed E-state index contributed by atoms with van der Waals surface area (Å²) < 4.78 is 40.5. The van der Waals surface area contributed by atoms with Gasteiger partial charge in [0.1, 0.15) is 0 Å². The summed E-state index contributed by atoms with van der Waals surface area (Å²) in [6.45, 7) is 40.8. The van der Waals surface area contributed by atoms with Crippen molar-refractivity contribution in [2.24, 2.45) is 26.8 Å². The molecule has 54 heteroatoms.